The van der Waals surface area contributed by atoms with E-state index in [0.717, 1.165) is 25.3 Å². The number of aliphatic carboxylic acids is 1. The van der Waals surface area contributed by atoms with Crippen LogP contribution in [0.25, 0.3) is 0 Å². The van der Waals surface area contributed by atoms with Gasteiger partial charge in [-0.3, -0.25) is 4.79 Å². The summed E-state index contributed by atoms with van der Waals surface area (Å²) in [6.07, 6.45) is 5.00. The van der Waals surface area contributed by atoms with E-state index in [1.807, 2.05) is 0 Å². The van der Waals surface area contributed by atoms with Crippen molar-refractivity contribution in [1.29, 1.82) is 0 Å². The molecule has 0 radical (unpaired) electrons. The van der Waals surface area contributed by atoms with Crippen LogP contribution >= 0.6 is 0 Å². The molecular weight excluding hydrogens is 214 g/mol. The van der Waals surface area contributed by atoms with Crippen LogP contribution in [0.2, 0.25) is 0 Å². The number of hydrogen-bond donors (Lipinski definition) is 1. The van der Waals surface area contributed by atoms with Crippen molar-refractivity contribution in [2.75, 3.05) is 13.1 Å². The van der Waals surface area contributed by atoms with E-state index in [2.05, 4.69) is 25.7 Å². The lowest BCUT2D eigenvalue weighted by molar-refractivity contribution is -0.138. The summed E-state index contributed by atoms with van der Waals surface area (Å²) in [5.74, 6) is 0.575. The first kappa shape index (κ1) is 14.5. The third-order valence-electron chi connectivity index (χ3n) is 4.06. The first-order valence-electron chi connectivity index (χ1n) is 6.98. The zero-order valence-electron chi connectivity index (χ0n) is 11.5. The Morgan fingerprint density at radius 1 is 1.24 bits per heavy atom. The van der Waals surface area contributed by atoms with E-state index >= 15 is 0 Å². The van der Waals surface area contributed by atoms with Crippen LogP contribution in [-0.4, -0.2) is 35.1 Å². The Kier molecular flexibility index (Phi) is 5.96. The van der Waals surface area contributed by atoms with Crippen LogP contribution in [0.5, 0.6) is 0 Å². The molecule has 0 atom stereocenters. The molecule has 1 rings (SSSR count). The second-order valence-electron chi connectivity index (χ2n) is 5.67. The Balaban J connectivity index is 2.29. The maximum Gasteiger partial charge on any atom is 0.303 e. The highest BCUT2D eigenvalue weighted by atomic mass is 16.4. The third-order valence-corrected chi connectivity index (χ3v) is 4.06. The minimum atomic E-state index is -0.634. The Bertz CT molecular complexity index is 232. The molecule has 0 aliphatic heterocycles. The van der Waals surface area contributed by atoms with Gasteiger partial charge in [-0.2, -0.15) is 0 Å². The average molecular weight is 241 g/mol. The van der Waals surface area contributed by atoms with Crippen molar-refractivity contribution < 1.29 is 9.90 Å². The van der Waals surface area contributed by atoms with Crippen molar-refractivity contribution in [3.63, 3.8) is 0 Å². The van der Waals surface area contributed by atoms with E-state index in [1.165, 1.54) is 19.4 Å². The van der Waals surface area contributed by atoms with Gasteiger partial charge in [0.2, 0.25) is 0 Å². The molecule has 0 heterocycles. The molecule has 1 fully saturated rings. The molecule has 3 nitrogen and oxygen atoms in total. The SMILES string of the molecule is CCN(C[C@H]1CC[C@@H](CC(=O)O)CC1)C(C)C. The van der Waals surface area contributed by atoms with E-state index in [4.69, 9.17) is 5.11 Å². The van der Waals surface area contributed by atoms with Gasteiger partial charge in [-0.15, -0.1) is 0 Å². The van der Waals surface area contributed by atoms with Crippen LogP contribution in [0.15, 0.2) is 0 Å². The van der Waals surface area contributed by atoms with Crippen molar-refractivity contribution in [3.05, 3.63) is 0 Å². The van der Waals surface area contributed by atoms with Gasteiger partial charge in [0.15, 0.2) is 0 Å². The molecule has 0 aromatic carbocycles. The standard InChI is InChI=1S/C14H27NO2/c1-4-15(11(2)3)10-13-7-5-12(6-8-13)9-14(16)17/h11-13H,4-10H2,1-3H3,(H,16,17)/t12-,13+. The summed E-state index contributed by atoms with van der Waals surface area (Å²) in [5.41, 5.74) is 0. The largest absolute Gasteiger partial charge is 0.481 e. The van der Waals surface area contributed by atoms with Crippen molar-refractivity contribution in [3.8, 4) is 0 Å². The minimum absolute atomic E-state index is 0.369. The van der Waals surface area contributed by atoms with Crippen molar-refractivity contribution >= 4 is 5.97 Å². The number of carbonyl (C=O) groups is 1. The first-order valence-corrected chi connectivity index (χ1v) is 6.98. The van der Waals surface area contributed by atoms with Crippen LogP contribution in [0, 0.1) is 11.8 Å². The molecule has 0 spiro atoms. The third kappa shape index (κ3) is 5.07. The minimum Gasteiger partial charge on any atom is -0.481 e. The lowest BCUT2D eigenvalue weighted by Gasteiger charge is -2.33. The highest BCUT2D eigenvalue weighted by Gasteiger charge is 2.24. The fraction of sp³-hybridized carbons (Fsp3) is 0.929. The maximum absolute atomic E-state index is 10.7. The lowest BCUT2D eigenvalue weighted by Crippen LogP contribution is -2.36. The molecule has 1 aliphatic carbocycles. The normalized spacial score (nSPS) is 25.5. The summed E-state index contributed by atoms with van der Waals surface area (Å²) in [7, 11) is 0. The molecule has 0 unspecified atom stereocenters. The zero-order valence-corrected chi connectivity index (χ0v) is 11.5. The van der Waals surface area contributed by atoms with Gasteiger partial charge >= 0.3 is 5.97 Å². The number of rotatable bonds is 6. The summed E-state index contributed by atoms with van der Waals surface area (Å²) in [6.45, 7) is 9.02. The summed E-state index contributed by atoms with van der Waals surface area (Å²) in [5, 5.41) is 8.78. The van der Waals surface area contributed by atoms with E-state index in [-0.39, 0.29) is 0 Å². The van der Waals surface area contributed by atoms with Crippen molar-refractivity contribution in [2.45, 2.75) is 58.9 Å². The molecule has 0 amide bonds. The zero-order chi connectivity index (χ0) is 12.8. The highest BCUT2D eigenvalue weighted by Crippen LogP contribution is 2.31. The van der Waals surface area contributed by atoms with E-state index < -0.39 is 5.97 Å². The molecule has 0 aromatic heterocycles. The molecule has 0 bridgehead atoms. The predicted molar refractivity (Wildman–Crippen MR) is 70.1 cm³/mol. The lowest BCUT2D eigenvalue weighted by atomic mass is 9.80. The highest BCUT2D eigenvalue weighted by molar-refractivity contribution is 5.67. The Morgan fingerprint density at radius 3 is 2.18 bits per heavy atom. The van der Waals surface area contributed by atoms with E-state index in [9.17, 15) is 4.79 Å². The average Bonchev–Trinajstić information content (AvgIpc) is 2.26. The molecule has 0 aromatic rings. The molecule has 1 aliphatic rings. The van der Waals surface area contributed by atoms with Gasteiger partial charge in [0.1, 0.15) is 0 Å². The van der Waals surface area contributed by atoms with Crippen LogP contribution in [0.1, 0.15) is 52.9 Å². The Morgan fingerprint density at radius 2 is 1.76 bits per heavy atom. The molecule has 1 saturated carbocycles. The summed E-state index contributed by atoms with van der Waals surface area (Å²) in [4.78, 5) is 13.2. The topological polar surface area (TPSA) is 40.5 Å². The number of carboxylic acids is 1. The molecule has 100 valence electrons. The van der Waals surface area contributed by atoms with Gasteiger partial charge in [0, 0.05) is 19.0 Å². The molecule has 0 saturated heterocycles. The van der Waals surface area contributed by atoms with E-state index in [1.54, 1.807) is 0 Å². The number of hydrogen-bond acceptors (Lipinski definition) is 2. The monoisotopic (exact) mass is 241 g/mol. The van der Waals surface area contributed by atoms with Gasteiger partial charge in [-0.1, -0.05) is 6.92 Å². The van der Waals surface area contributed by atoms with Gasteiger partial charge in [-0.05, 0) is 57.9 Å². The van der Waals surface area contributed by atoms with Gasteiger partial charge < -0.3 is 10.0 Å². The molecule has 1 N–H and O–H groups in total. The van der Waals surface area contributed by atoms with Crippen LogP contribution in [-0.2, 0) is 4.79 Å². The first-order chi connectivity index (χ1) is 8.02. The summed E-state index contributed by atoms with van der Waals surface area (Å²) in [6, 6.07) is 0.622. The fourth-order valence-electron chi connectivity index (χ4n) is 2.90. The van der Waals surface area contributed by atoms with Crippen LogP contribution < -0.4 is 0 Å². The Labute approximate surface area is 105 Å². The predicted octanol–water partition coefficient (Wildman–Crippen LogP) is 3.00. The number of carboxylic acid groups (broad SMARTS) is 1. The van der Waals surface area contributed by atoms with Crippen LogP contribution in [0.3, 0.4) is 0 Å². The summed E-state index contributed by atoms with van der Waals surface area (Å²) >= 11 is 0. The second-order valence-corrected chi connectivity index (χ2v) is 5.67. The summed E-state index contributed by atoms with van der Waals surface area (Å²) < 4.78 is 0. The molecular formula is C14H27NO2. The Hall–Kier alpha value is -0.570. The molecule has 3 heteroatoms. The number of nitrogens with zero attached hydrogens (tertiary/aromatic N) is 1. The van der Waals surface area contributed by atoms with E-state index in [0.29, 0.717) is 18.4 Å². The fourth-order valence-corrected chi connectivity index (χ4v) is 2.90. The van der Waals surface area contributed by atoms with Gasteiger partial charge in [0.25, 0.3) is 0 Å². The maximum atomic E-state index is 10.7. The quantitative estimate of drug-likeness (QED) is 0.777. The second kappa shape index (κ2) is 7.00. The smallest absolute Gasteiger partial charge is 0.303 e. The van der Waals surface area contributed by atoms with Gasteiger partial charge in [0.05, 0.1) is 0 Å². The van der Waals surface area contributed by atoms with Crippen LogP contribution in [0.4, 0.5) is 0 Å². The molecule has 17 heavy (non-hydrogen) atoms. The van der Waals surface area contributed by atoms with Crippen molar-refractivity contribution in [1.82, 2.24) is 4.90 Å². The van der Waals surface area contributed by atoms with Gasteiger partial charge in [-0.25, -0.2) is 0 Å². The van der Waals surface area contributed by atoms with Crippen molar-refractivity contribution in [2.24, 2.45) is 11.8 Å².